The van der Waals surface area contributed by atoms with Gasteiger partial charge in [0, 0.05) is 60.4 Å². The number of piperazine rings is 1. The molecule has 1 aromatic heterocycles. The van der Waals surface area contributed by atoms with Gasteiger partial charge in [-0.2, -0.15) is 0 Å². The minimum Gasteiger partial charge on any atom is -0.494 e. The van der Waals surface area contributed by atoms with E-state index in [0.717, 1.165) is 55.6 Å². The Morgan fingerprint density at radius 3 is 1.86 bits per heavy atom. The fraction of sp³-hybridized carbons (Fsp3) is 0.212. The number of aromatic hydroxyl groups is 1. The lowest BCUT2D eigenvalue weighted by molar-refractivity contribution is 0.251. The van der Waals surface area contributed by atoms with Crippen LogP contribution < -0.4 is 4.90 Å². The largest absolute Gasteiger partial charge is 0.494 e. The molecule has 0 radical (unpaired) electrons. The number of nitrogens with zero attached hydrogens (tertiary/aromatic N) is 3. The van der Waals surface area contributed by atoms with Crippen LogP contribution in [0.25, 0.3) is 16.5 Å². The van der Waals surface area contributed by atoms with Crippen LogP contribution in [0.3, 0.4) is 0 Å². The Kier molecular flexibility index (Phi) is 6.66. The maximum Gasteiger partial charge on any atom is 0.203 e. The van der Waals surface area contributed by atoms with E-state index in [0.29, 0.717) is 11.8 Å². The quantitative estimate of drug-likeness (QED) is 0.278. The average Bonchev–Trinajstić information content (AvgIpc) is 3.31. The third kappa shape index (κ3) is 4.98. The molecule has 1 aliphatic heterocycles. The van der Waals surface area contributed by atoms with Crippen molar-refractivity contribution in [2.24, 2.45) is 0 Å². The highest BCUT2D eigenvalue weighted by Gasteiger charge is 2.21. The van der Waals surface area contributed by atoms with Gasteiger partial charge in [-0.1, -0.05) is 84.9 Å². The zero-order valence-corrected chi connectivity index (χ0v) is 21.1. The summed E-state index contributed by atoms with van der Waals surface area (Å²) in [6.45, 7) is 5.17. The lowest BCUT2D eigenvalue weighted by Crippen LogP contribution is -2.46. The Hall–Kier alpha value is -4.02. The minimum absolute atomic E-state index is 0.301. The predicted octanol–water partition coefficient (Wildman–Crippen LogP) is 6.68. The summed E-state index contributed by atoms with van der Waals surface area (Å²) in [5.74, 6) is 0.717. The molecule has 0 saturated carbocycles. The average molecular weight is 488 g/mol. The molecule has 0 aliphatic carbocycles. The third-order valence-corrected chi connectivity index (χ3v) is 7.68. The highest BCUT2D eigenvalue weighted by atomic mass is 16.3. The van der Waals surface area contributed by atoms with E-state index >= 15 is 0 Å². The van der Waals surface area contributed by atoms with Gasteiger partial charge in [-0.25, -0.2) is 0 Å². The smallest absolute Gasteiger partial charge is 0.203 e. The van der Waals surface area contributed by atoms with Crippen molar-refractivity contribution in [1.82, 2.24) is 9.47 Å². The molecule has 0 atom stereocenters. The summed E-state index contributed by atoms with van der Waals surface area (Å²) in [5, 5.41) is 12.9. The molecule has 0 amide bonds. The minimum atomic E-state index is 0.301. The molecule has 4 heteroatoms. The topological polar surface area (TPSA) is 31.6 Å². The fourth-order valence-corrected chi connectivity index (χ4v) is 5.60. The molecule has 0 spiro atoms. The normalized spacial score (nSPS) is 14.5. The van der Waals surface area contributed by atoms with Gasteiger partial charge < -0.3 is 10.0 Å². The summed E-state index contributed by atoms with van der Waals surface area (Å²) >= 11 is 0. The lowest BCUT2D eigenvalue weighted by Gasteiger charge is -2.36. The Morgan fingerprint density at radius 1 is 0.649 bits per heavy atom. The monoisotopic (exact) mass is 487 g/mol. The first kappa shape index (κ1) is 23.4. The van der Waals surface area contributed by atoms with Gasteiger partial charge in [-0.15, -0.1) is 0 Å². The van der Waals surface area contributed by atoms with E-state index in [4.69, 9.17) is 0 Å². The first-order valence-corrected chi connectivity index (χ1v) is 13.2. The highest BCUT2D eigenvalue weighted by Crippen LogP contribution is 2.34. The van der Waals surface area contributed by atoms with E-state index in [1.165, 1.54) is 16.8 Å². The van der Waals surface area contributed by atoms with Crippen molar-refractivity contribution in [3.05, 3.63) is 127 Å². The van der Waals surface area contributed by atoms with Crippen LogP contribution >= 0.6 is 0 Å². The zero-order valence-electron chi connectivity index (χ0n) is 21.1. The molecule has 4 nitrogen and oxygen atoms in total. The van der Waals surface area contributed by atoms with Crippen LogP contribution in [0.15, 0.2) is 115 Å². The van der Waals surface area contributed by atoms with Crippen LogP contribution in [-0.4, -0.2) is 47.3 Å². The molecule has 0 unspecified atom stereocenters. The standard InChI is InChI=1S/C33H33N3O/c37-33-32-24-30(17-16-28(32)25-36(33)29-14-8-3-9-15-29)35-22-20-34(21-23-35)19-18-31(26-10-4-1-5-11-26)27-12-6-2-7-13-27/h1-17,24-25,31,37H,18-23H2. The van der Waals surface area contributed by atoms with Gasteiger partial charge in [-0.05, 0) is 48.4 Å². The molecule has 1 fully saturated rings. The first-order chi connectivity index (χ1) is 18.3. The number of para-hydroxylation sites is 1. The Morgan fingerprint density at radius 2 is 1.24 bits per heavy atom. The second kappa shape index (κ2) is 10.5. The molecular weight excluding hydrogens is 454 g/mol. The second-order valence-electron chi connectivity index (χ2n) is 9.92. The number of hydrogen-bond acceptors (Lipinski definition) is 3. The van der Waals surface area contributed by atoms with Gasteiger partial charge in [-0.3, -0.25) is 9.47 Å². The molecule has 2 heterocycles. The molecule has 5 aromatic rings. The zero-order chi connectivity index (χ0) is 25.0. The van der Waals surface area contributed by atoms with Crippen LogP contribution in [-0.2, 0) is 0 Å². The molecule has 1 N–H and O–H groups in total. The van der Waals surface area contributed by atoms with Crippen molar-refractivity contribution in [2.45, 2.75) is 12.3 Å². The molecular formula is C33H33N3O. The highest BCUT2D eigenvalue weighted by molar-refractivity contribution is 5.91. The molecule has 1 saturated heterocycles. The van der Waals surface area contributed by atoms with Crippen LogP contribution in [0.2, 0.25) is 0 Å². The Bertz CT molecular complexity index is 1400. The summed E-state index contributed by atoms with van der Waals surface area (Å²) in [7, 11) is 0. The van der Waals surface area contributed by atoms with E-state index in [9.17, 15) is 5.11 Å². The molecule has 186 valence electrons. The van der Waals surface area contributed by atoms with Crippen molar-refractivity contribution in [1.29, 1.82) is 0 Å². The maximum atomic E-state index is 11.0. The van der Waals surface area contributed by atoms with Gasteiger partial charge in [0.1, 0.15) is 0 Å². The summed E-state index contributed by atoms with van der Waals surface area (Å²) in [5.41, 5.74) is 4.93. The molecule has 6 rings (SSSR count). The molecule has 1 aliphatic rings. The number of aromatic nitrogens is 1. The van der Waals surface area contributed by atoms with Gasteiger partial charge >= 0.3 is 0 Å². The fourth-order valence-electron chi connectivity index (χ4n) is 5.60. The SMILES string of the molecule is Oc1c2cc(N3CCN(CCC(c4ccccc4)c4ccccc4)CC3)ccc2cn1-c1ccccc1. The van der Waals surface area contributed by atoms with Gasteiger partial charge in [0.2, 0.25) is 5.88 Å². The second-order valence-corrected chi connectivity index (χ2v) is 9.92. The molecule has 4 aromatic carbocycles. The lowest BCUT2D eigenvalue weighted by atomic mass is 9.88. The van der Waals surface area contributed by atoms with E-state index < -0.39 is 0 Å². The third-order valence-electron chi connectivity index (χ3n) is 7.68. The Balaban J connectivity index is 1.12. The van der Waals surface area contributed by atoms with Crippen molar-refractivity contribution >= 4 is 16.5 Å². The van der Waals surface area contributed by atoms with Crippen LogP contribution in [0.4, 0.5) is 5.69 Å². The summed E-state index contributed by atoms with van der Waals surface area (Å²) in [4.78, 5) is 5.04. The van der Waals surface area contributed by atoms with Crippen molar-refractivity contribution < 1.29 is 5.11 Å². The number of hydrogen-bond donors (Lipinski definition) is 1. The van der Waals surface area contributed by atoms with E-state index in [1.807, 2.05) is 41.1 Å². The van der Waals surface area contributed by atoms with Gasteiger partial charge in [0.05, 0.1) is 0 Å². The summed E-state index contributed by atoms with van der Waals surface area (Å²) in [6, 6.07) is 38.3. The van der Waals surface area contributed by atoms with Crippen molar-refractivity contribution in [3.8, 4) is 11.6 Å². The summed E-state index contributed by atoms with van der Waals surface area (Å²) < 4.78 is 1.86. The first-order valence-electron chi connectivity index (χ1n) is 13.2. The predicted molar refractivity (Wildman–Crippen MR) is 153 cm³/mol. The van der Waals surface area contributed by atoms with E-state index in [1.54, 1.807) is 0 Å². The number of anilines is 1. The Labute approximate surface area is 219 Å². The van der Waals surface area contributed by atoms with Gasteiger partial charge in [0.15, 0.2) is 0 Å². The van der Waals surface area contributed by atoms with E-state index in [2.05, 4.69) is 88.7 Å². The van der Waals surface area contributed by atoms with Crippen molar-refractivity contribution in [3.63, 3.8) is 0 Å². The maximum absolute atomic E-state index is 11.0. The van der Waals surface area contributed by atoms with Crippen LogP contribution in [0.1, 0.15) is 23.5 Å². The molecule has 37 heavy (non-hydrogen) atoms. The van der Waals surface area contributed by atoms with Crippen LogP contribution in [0.5, 0.6) is 5.88 Å². The van der Waals surface area contributed by atoms with Gasteiger partial charge in [0.25, 0.3) is 0 Å². The van der Waals surface area contributed by atoms with E-state index in [-0.39, 0.29) is 0 Å². The number of benzene rings is 4. The number of fused-ring (bicyclic) bond motifs is 1. The van der Waals surface area contributed by atoms with Crippen LogP contribution in [0, 0.1) is 0 Å². The molecule has 0 bridgehead atoms. The van der Waals surface area contributed by atoms with Crippen molar-refractivity contribution in [2.75, 3.05) is 37.6 Å². The summed E-state index contributed by atoms with van der Waals surface area (Å²) in [6.07, 6.45) is 3.12. The number of rotatable bonds is 7.